The number of aliphatic hydroxyl groups excluding tert-OH is 1. The molecule has 114 valence electrons. The second-order valence-corrected chi connectivity index (χ2v) is 5.43. The van der Waals surface area contributed by atoms with Crippen LogP contribution in [-0.2, 0) is 25.3 Å². The molecule has 0 amide bonds. The van der Waals surface area contributed by atoms with E-state index < -0.39 is 5.41 Å². The molecule has 0 fully saturated rings. The van der Waals surface area contributed by atoms with E-state index in [1.54, 1.807) is 12.1 Å². The lowest BCUT2D eigenvalue weighted by atomic mass is 9.77. The molecule has 1 aromatic heterocycles. The molecule has 0 aliphatic carbocycles. The molecule has 0 spiro atoms. The van der Waals surface area contributed by atoms with Crippen LogP contribution in [0.25, 0.3) is 0 Å². The molecule has 1 atom stereocenters. The molecule has 2 aromatic rings. The summed E-state index contributed by atoms with van der Waals surface area (Å²) in [6, 6.07) is 8.21. The van der Waals surface area contributed by atoms with E-state index in [-0.39, 0.29) is 19.0 Å². The summed E-state index contributed by atoms with van der Waals surface area (Å²) in [5, 5.41) is 14.3. The molecule has 5 heteroatoms. The summed E-state index contributed by atoms with van der Waals surface area (Å²) >= 11 is 0. The van der Waals surface area contributed by atoms with Gasteiger partial charge in [0, 0.05) is 31.1 Å². The number of aryl methyl sites for hydroxylation is 2. The van der Waals surface area contributed by atoms with E-state index in [4.69, 9.17) is 5.73 Å². The second-order valence-electron chi connectivity index (χ2n) is 5.43. The van der Waals surface area contributed by atoms with Crippen molar-refractivity contribution in [3.05, 3.63) is 53.1 Å². The molecule has 1 aromatic carbocycles. The van der Waals surface area contributed by atoms with Crippen LogP contribution in [0.15, 0.2) is 30.3 Å². The van der Waals surface area contributed by atoms with E-state index in [2.05, 4.69) is 5.10 Å². The van der Waals surface area contributed by atoms with Crippen LogP contribution in [0, 0.1) is 5.82 Å². The lowest BCUT2D eigenvalue weighted by Crippen LogP contribution is -2.41. The van der Waals surface area contributed by atoms with Gasteiger partial charge in [0.2, 0.25) is 0 Å². The highest BCUT2D eigenvalue weighted by atomic mass is 19.1. The van der Waals surface area contributed by atoms with Crippen molar-refractivity contribution in [3.8, 4) is 0 Å². The molecular formula is C16H22FN3O. The number of hydrogen-bond donors (Lipinski definition) is 2. The topological polar surface area (TPSA) is 64.1 Å². The van der Waals surface area contributed by atoms with Gasteiger partial charge in [-0.3, -0.25) is 4.68 Å². The molecule has 0 radical (unpaired) electrons. The lowest BCUT2D eigenvalue weighted by Gasteiger charge is -2.31. The standard InChI is InChI=1S/C16H22FN3O/c1-3-14-8-15(20(2)19-14)9-16(10-18,11-21)12-4-6-13(17)7-5-12/h4-8,21H,3,9-11,18H2,1-2H3. The maximum atomic E-state index is 13.1. The molecule has 1 heterocycles. The zero-order valence-electron chi connectivity index (χ0n) is 12.5. The average molecular weight is 291 g/mol. The third-order valence-corrected chi connectivity index (χ3v) is 4.06. The molecule has 3 N–H and O–H groups in total. The predicted octanol–water partition coefficient (Wildman–Crippen LogP) is 1.55. The first-order valence-electron chi connectivity index (χ1n) is 7.13. The number of hydrogen-bond acceptors (Lipinski definition) is 3. The van der Waals surface area contributed by atoms with Crippen LogP contribution in [0.2, 0.25) is 0 Å². The summed E-state index contributed by atoms with van der Waals surface area (Å²) in [6.45, 7) is 2.23. The molecule has 0 saturated carbocycles. The summed E-state index contributed by atoms with van der Waals surface area (Å²) in [7, 11) is 1.89. The van der Waals surface area contributed by atoms with Gasteiger partial charge in [0.05, 0.1) is 12.3 Å². The van der Waals surface area contributed by atoms with E-state index in [0.717, 1.165) is 23.4 Å². The Labute approximate surface area is 124 Å². The van der Waals surface area contributed by atoms with Crippen molar-refractivity contribution in [2.45, 2.75) is 25.2 Å². The quantitative estimate of drug-likeness (QED) is 0.849. The number of aliphatic hydroxyl groups is 1. The molecule has 0 bridgehead atoms. The third-order valence-electron chi connectivity index (χ3n) is 4.06. The number of nitrogens with zero attached hydrogens (tertiary/aromatic N) is 2. The van der Waals surface area contributed by atoms with Crippen LogP contribution in [0.5, 0.6) is 0 Å². The second kappa shape index (κ2) is 6.37. The molecule has 0 aliphatic heterocycles. The van der Waals surface area contributed by atoms with Crippen molar-refractivity contribution in [2.24, 2.45) is 12.8 Å². The van der Waals surface area contributed by atoms with Crippen molar-refractivity contribution in [3.63, 3.8) is 0 Å². The zero-order valence-corrected chi connectivity index (χ0v) is 12.5. The first kappa shape index (κ1) is 15.7. The first-order valence-corrected chi connectivity index (χ1v) is 7.13. The highest BCUT2D eigenvalue weighted by Gasteiger charge is 2.31. The van der Waals surface area contributed by atoms with Crippen LogP contribution < -0.4 is 5.73 Å². The van der Waals surface area contributed by atoms with Crippen molar-refractivity contribution in [2.75, 3.05) is 13.2 Å². The Morgan fingerprint density at radius 1 is 1.33 bits per heavy atom. The smallest absolute Gasteiger partial charge is 0.123 e. The maximum absolute atomic E-state index is 13.1. The van der Waals surface area contributed by atoms with Crippen LogP contribution in [0.1, 0.15) is 23.9 Å². The van der Waals surface area contributed by atoms with Crippen molar-refractivity contribution < 1.29 is 9.50 Å². The fourth-order valence-electron chi connectivity index (χ4n) is 2.56. The van der Waals surface area contributed by atoms with E-state index in [9.17, 15) is 9.50 Å². The summed E-state index contributed by atoms with van der Waals surface area (Å²) in [5.74, 6) is -0.295. The number of benzene rings is 1. The predicted molar refractivity (Wildman–Crippen MR) is 80.5 cm³/mol. The maximum Gasteiger partial charge on any atom is 0.123 e. The minimum absolute atomic E-state index is 0.0955. The van der Waals surface area contributed by atoms with Crippen LogP contribution >= 0.6 is 0 Å². The summed E-state index contributed by atoms with van der Waals surface area (Å²) < 4.78 is 14.9. The number of nitrogens with two attached hydrogens (primary N) is 1. The van der Waals surface area contributed by atoms with Crippen LogP contribution in [0.4, 0.5) is 4.39 Å². The van der Waals surface area contributed by atoms with E-state index in [1.165, 1.54) is 12.1 Å². The minimum atomic E-state index is -0.619. The van der Waals surface area contributed by atoms with Crippen LogP contribution in [-0.4, -0.2) is 28.0 Å². The fraction of sp³-hybridized carbons (Fsp3) is 0.438. The normalized spacial score (nSPS) is 14.1. The van der Waals surface area contributed by atoms with Gasteiger partial charge in [-0.15, -0.1) is 0 Å². The van der Waals surface area contributed by atoms with Crippen LogP contribution in [0.3, 0.4) is 0 Å². The van der Waals surface area contributed by atoms with Gasteiger partial charge in [-0.1, -0.05) is 19.1 Å². The Balaban J connectivity index is 2.37. The zero-order chi connectivity index (χ0) is 15.5. The first-order chi connectivity index (χ1) is 10.0. The highest BCUT2D eigenvalue weighted by molar-refractivity contribution is 5.29. The molecule has 1 unspecified atom stereocenters. The van der Waals surface area contributed by atoms with E-state index in [1.807, 2.05) is 24.7 Å². The molecule has 21 heavy (non-hydrogen) atoms. The summed E-state index contributed by atoms with van der Waals surface area (Å²) in [6.07, 6.45) is 1.42. The molecule has 0 aliphatic rings. The Morgan fingerprint density at radius 3 is 2.48 bits per heavy atom. The minimum Gasteiger partial charge on any atom is -0.395 e. The molecule has 4 nitrogen and oxygen atoms in total. The van der Waals surface area contributed by atoms with Gasteiger partial charge in [-0.05, 0) is 30.2 Å². The Kier molecular flexibility index (Phi) is 4.75. The highest BCUT2D eigenvalue weighted by Crippen LogP contribution is 2.28. The van der Waals surface area contributed by atoms with Crippen molar-refractivity contribution in [1.29, 1.82) is 0 Å². The van der Waals surface area contributed by atoms with Gasteiger partial charge in [0.25, 0.3) is 0 Å². The molecule has 2 rings (SSSR count). The Hall–Kier alpha value is -1.72. The fourth-order valence-corrected chi connectivity index (χ4v) is 2.56. The summed E-state index contributed by atoms with van der Waals surface area (Å²) in [5.41, 5.74) is 8.18. The number of aromatic nitrogens is 2. The Morgan fingerprint density at radius 2 is 2.00 bits per heavy atom. The summed E-state index contributed by atoms with van der Waals surface area (Å²) in [4.78, 5) is 0. The number of halogens is 1. The largest absolute Gasteiger partial charge is 0.395 e. The SMILES string of the molecule is CCc1cc(CC(CN)(CO)c2ccc(F)cc2)n(C)n1. The van der Waals surface area contributed by atoms with Gasteiger partial charge in [-0.2, -0.15) is 5.10 Å². The van der Waals surface area contributed by atoms with E-state index in [0.29, 0.717) is 6.42 Å². The van der Waals surface area contributed by atoms with E-state index >= 15 is 0 Å². The molecule has 0 saturated heterocycles. The van der Waals surface area contributed by atoms with Gasteiger partial charge >= 0.3 is 0 Å². The lowest BCUT2D eigenvalue weighted by molar-refractivity contribution is 0.194. The monoisotopic (exact) mass is 291 g/mol. The van der Waals surface area contributed by atoms with Crippen molar-refractivity contribution >= 4 is 0 Å². The van der Waals surface area contributed by atoms with Crippen molar-refractivity contribution in [1.82, 2.24) is 9.78 Å². The Bertz CT molecular complexity index is 588. The van der Waals surface area contributed by atoms with Gasteiger partial charge in [0.1, 0.15) is 5.82 Å². The van der Waals surface area contributed by atoms with Gasteiger partial charge in [0.15, 0.2) is 0 Å². The third kappa shape index (κ3) is 3.14. The molecular weight excluding hydrogens is 269 g/mol. The average Bonchev–Trinajstić information content (AvgIpc) is 2.86. The number of rotatable bonds is 6. The van der Waals surface area contributed by atoms with Gasteiger partial charge < -0.3 is 10.8 Å². The van der Waals surface area contributed by atoms with Gasteiger partial charge in [-0.25, -0.2) is 4.39 Å².